The van der Waals surface area contributed by atoms with Gasteiger partial charge in [-0.25, -0.2) is 0 Å². The van der Waals surface area contributed by atoms with Crippen molar-refractivity contribution in [3.8, 4) is 0 Å². The molecule has 1 amide bonds. The molecule has 1 N–H and O–H groups in total. The number of nitrogens with zero attached hydrogens (tertiary/aromatic N) is 1. The van der Waals surface area contributed by atoms with Crippen LogP contribution in [-0.2, 0) is 16.1 Å². The molecule has 0 radical (unpaired) electrons. The second-order valence-electron chi connectivity index (χ2n) is 3.57. The van der Waals surface area contributed by atoms with E-state index in [4.69, 9.17) is 4.74 Å². The second kappa shape index (κ2) is 4.89. The van der Waals surface area contributed by atoms with Gasteiger partial charge in [0.05, 0.1) is 0 Å². The smallest absolute Gasteiger partial charge is 0.249 e. The third-order valence-corrected chi connectivity index (χ3v) is 2.44. The van der Waals surface area contributed by atoms with E-state index in [9.17, 15) is 4.79 Å². The van der Waals surface area contributed by atoms with Crippen LogP contribution in [0.5, 0.6) is 0 Å². The van der Waals surface area contributed by atoms with Crippen molar-refractivity contribution in [1.29, 1.82) is 0 Å². The third-order valence-electron chi connectivity index (χ3n) is 2.44. The van der Waals surface area contributed by atoms with Crippen molar-refractivity contribution in [2.75, 3.05) is 6.61 Å². The van der Waals surface area contributed by atoms with Gasteiger partial charge in [0.2, 0.25) is 5.91 Å². The number of carbonyl (C=O) groups is 1. The van der Waals surface area contributed by atoms with Crippen LogP contribution in [0.4, 0.5) is 0 Å². The van der Waals surface area contributed by atoms with Gasteiger partial charge in [-0.05, 0) is 30.5 Å². The first-order valence-corrected chi connectivity index (χ1v) is 5.14. The van der Waals surface area contributed by atoms with E-state index in [1.54, 1.807) is 12.4 Å². The Hall–Kier alpha value is -1.42. The SMILES string of the molecule is O=C(NCc1ccncc1)[C@H]1CCCO1. The highest BCUT2D eigenvalue weighted by Crippen LogP contribution is 2.11. The molecular weight excluding hydrogens is 192 g/mol. The molecule has 1 aliphatic rings. The van der Waals surface area contributed by atoms with Crippen LogP contribution in [0.1, 0.15) is 18.4 Å². The molecule has 1 saturated heterocycles. The first-order chi connectivity index (χ1) is 7.36. The van der Waals surface area contributed by atoms with Crippen LogP contribution in [0.15, 0.2) is 24.5 Å². The lowest BCUT2D eigenvalue weighted by Gasteiger charge is -2.09. The van der Waals surface area contributed by atoms with Crippen molar-refractivity contribution in [3.05, 3.63) is 30.1 Å². The molecule has 0 bridgehead atoms. The molecule has 0 aromatic carbocycles. The van der Waals surface area contributed by atoms with Crippen LogP contribution >= 0.6 is 0 Å². The van der Waals surface area contributed by atoms with E-state index in [-0.39, 0.29) is 12.0 Å². The van der Waals surface area contributed by atoms with Crippen molar-refractivity contribution in [2.45, 2.75) is 25.5 Å². The Balaban J connectivity index is 1.80. The van der Waals surface area contributed by atoms with Gasteiger partial charge in [-0.1, -0.05) is 0 Å². The minimum Gasteiger partial charge on any atom is -0.368 e. The Labute approximate surface area is 88.7 Å². The Bertz CT molecular complexity index is 321. The Morgan fingerprint density at radius 3 is 3.00 bits per heavy atom. The molecule has 1 aliphatic heterocycles. The monoisotopic (exact) mass is 206 g/mol. The predicted molar refractivity (Wildman–Crippen MR) is 55.1 cm³/mol. The zero-order valence-corrected chi connectivity index (χ0v) is 8.48. The summed E-state index contributed by atoms with van der Waals surface area (Å²) in [5.74, 6) is -0.00990. The molecule has 0 saturated carbocycles. The van der Waals surface area contributed by atoms with Crippen molar-refractivity contribution in [2.24, 2.45) is 0 Å². The summed E-state index contributed by atoms with van der Waals surface area (Å²) in [4.78, 5) is 15.5. The van der Waals surface area contributed by atoms with Crippen LogP contribution in [0, 0.1) is 0 Å². The van der Waals surface area contributed by atoms with Gasteiger partial charge in [0, 0.05) is 25.5 Å². The molecular formula is C11H14N2O2. The molecule has 1 atom stereocenters. The quantitative estimate of drug-likeness (QED) is 0.798. The van der Waals surface area contributed by atoms with Gasteiger partial charge in [-0.15, -0.1) is 0 Å². The maximum atomic E-state index is 11.6. The van der Waals surface area contributed by atoms with Crippen LogP contribution in [-0.4, -0.2) is 23.6 Å². The van der Waals surface area contributed by atoms with Crippen molar-refractivity contribution >= 4 is 5.91 Å². The molecule has 0 unspecified atom stereocenters. The Morgan fingerprint density at radius 2 is 2.33 bits per heavy atom. The van der Waals surface area contributed by atoms with E-state index in [2.05, 4.69) is 10.3 Å². The lowest BCUT2D eigenvalue weighted by molar-refractivity contribution is -0.130. The van der Waals surface area contributed by atoms with Gasteiger partial charge in [0.15, 0.2) is 0 Å². The number of pyridine rings is 1. The number of hydrogen-bond acceptors (Lipinski definition) is 3. The fourth-order valence-corrected chi connectivity index (χ4v) is 1.59. The molecule has 80 valence electrons. The number of hydrogen-bond donors (Lipinski definition) is 1. The number of rotatable bonds is 3. The number of aromatic nitrogens is 1. The minimum atomic E-state index is -0.244. The van der Waals surface area contributed by atoms with E-state index >= 15 is 0 Å². The highest BCUT2D eigenvalue weighted by molar-refractivity contribution is 5.80. The highest BCUT2D eigenvalue weighted by atomic mass is 16.5. The average molecular weight is 206 g/mol. The van der Waals surface area contributed by atoms with Crippen molar-refractivity contribution < 1.29 is 9.53 Å². The zero-order chi connectivity index (χ0) is 10.5. The molecule has 0 aliphatic carbocycles. The van der Waals surface area contributed by atoms with E-state index in [0.717, 1.165) is 18.4 Å². The minimum absolute atomic E-state index is 0.00990. The van der Waals surface area contributed by atoms with Gasteiger partial charge in [-0.2, -0.15) is 0 Å². The number of ether oxygens (including phenoxy) is 1. The van der Waals surface area contributed by atoms with Crippen molar-refractivity contribution in [3.63, 3.8) is 0 Å². The third kappa shape index (κ3) is 2.76. The van der Waals surface area contributed by atoms with Gasteiger partial charge < -0.3 is 10.1 Å². The maximum Gasteiger partial charge on any atom is 0.249 e. The fraction of sp³-hybridized carbons (Fsp3) is 0.455. The zero-order valence-electron chi connectivity index (χ0n) is 8.48. The summed E-state index contributed by atoms with van der Waals surface area (Å²) in [5.41, 5.74) is 1.05. The first-order valence-electron chi connectivity index (χ1n) is 5.14. The van der Waals surface area contributed by atoms with Crippen LogP contribution in [0.25, 0.3) is 0 Å². The topological polar surface area (TPSA) is 51.2 Å². The summed E-state index contributed by atoms with van der Waals surface area (Å²) < 4.78 is 5.28. The van der Waals surface area contributed by atoms with Crippen LogP contribution in [0.2, 0.25) is 0 Å². The summed E-state index contributed by atoms with van der Waals surface area (Å²) >= 11 is 0. The summed E-state index contributed by atoms with van der Waals surface area (Å²) in [7, 11) is 0. The summed E-state index contributed by atoms with van der Waals surface area (Å²) in [6, 6.07) is 3.77. The van der Waals surface area contributed by atoms with Gasteiger partial charge >= 0.3 is 0 Å². The number of nitrogens with one attached hydrogen (secondary N) is 1. The lowest BCUT2D eigenvalue weighted by atomic mass is 10.2. The largest absolute Gasteiger partial charge is 0.368 e. The highest BCUT2D eigenvalue weighted by Gasteiger charge is 2.22. The number of amides is 1. The Morgan fingerprint density at radius 1 is 1.53 bits per heavy atom. The summed E-state index contributed by atoms with van der Waals surface area (Å²) in [5, 5.41) is 2.85. The fourth-order valence-electron chi connectivity index (χ4n) is 1.59. The van der Waals surface area contributed by atoms with Crippen molar-refractivity contribution in [1.82, 2.24) is 10.3 Å². The van der Waals surface area contributed by atoms with E-state index in [0.29, 0.717) is 13.2 Å². The van der Waals surface area contributed by atoms with Crippen LogP contribution in [0.3, 0.4) is 0 Å². The molecule has 1 aromatic heterocycles. The van der Waals surface area contributed by atoms with E-state index in [1.165, 1.54) is 0 Å². The van der Waals surface area contributed by atoms with Gasteiger partial charge in [-0.3, -0.25) is 9.78 Å². The molecule has 2 heterocycles. The predicted octanol–water partition coefficient (Wildman–Crippen LogP) is 0.877. The Kier molecular flexibility index (Phi) is 3.29. The molecule has 4 nitrogen and oxygen atoms in total. The second-order valence-corrected chi connectivity index (χ2v) is 3.57. The molecule has 15 heavy (non-hydrogen) atoms. The molecule has 2 rings (SSSR count). The maximum absolute atomic E-state index is 11.6. The standard InChI is InChI=1S/C11H14N2O2/c14-11(10-2-1-7-15-10)13-8-9-3-5-12-6-4-9/h3-6,10H,1-2,7-8H2,(H,13,14)/t10-/m1/s1. The van der Waals surface area contributed by atoms with Crippen LogP contribution < -0.4 is 5.32 Å². The average Bonchev–Trinajstić information content (AvgIpc) is 2.81. The first kappa shape index (κ1) is 10.1. The molecule has 0 spiro atoms. The number of carbonyl (C=O) groups excluding carboxylic acids is 1. The van der Waals surface area contributed by atoms with E-state index < -0.39 is 0 Å². The molecule has 1 aromatic rings. The van der Waals surface area contributed by atoms with E-state index in [1.807, 2.05) is 12.1 Å². The summed E-state index contributed by atoms with van der Waals surface area (Å²) in [6.07, 6.45) is 5.00. The molecule has 4 heteroatoms. The van der Waals surface area contributed by atoms with Gasteiger partial charge in [0.25, 0.3) is 0 Å². The summed E-state index contributed by atoms with van der Waals surface area (Å²) in [6.45, 7) is 1.24. The lowest BCUT2D eigenvalue weighted by Crippen LogP contribution is -2.33. The molecule has 1 fully saturated rings. The normalized spacial score (nSPS) is 20.1. The van der Waals surface area contributed by atoms with Gasteiger partial charge in [0.1, 0.15) is 6.10 Å².